The van der Waals surface area contributed by atoms with E-state index in [-0.39, 0.29) is 18.8 Å². The van der Waals surface area contributed by atoms with Crippen LogP contribution in [-0.2, 0) is 17.6 Å². The number of aliphatic hydroxyl groups is 1. The van der Waals surface area contributed by atoms with Gasteiger partial charge in [-0.25, -0.2) is 18.5 Å². The number of rotatable bonds is 4. The lowest BCUT2D eigenvalue weighted by Crippen LogP contribution is -2.42. The van der Waals surface area contributed by atoms with Gasteiger partial charge in [0.15, 0.2) is 0 Å². The van der Waals surface area contributed by atoms with Gasteiger partial charge in [-0.1, -0.05) is 12.1 Å². The lowest BCUT2D eigenvalue weighted by molar-refractivity contribution is -0.0296. The number of carbonyl (C=O) groups is 1. The number of phenolic OH excluding ortho intramolecular Hbond substituents is 1. The second-order valence-corrected chi connectivity index (χ2v) is 7.66. The Morgan fingerprint density at radius 2 is 1.55 bits per heavy atom. The van der Waals surface area contributed by atoms with E-state index in [4.69, 9.17) is 4.74 Å². The van der Waals surface area contributed by atoms with Crippen LogP contribution >= 0.6 is 0 Å². The molecule has 0 unspecified atom stereocenters. The van der Waals surface area contributed by atoms with Crippen molar-refractivity contribution in [1.82, 2.24) is 0 Å². The van der Waals surface area contributed by atoms with E-state index in [0.717, 1.165) is 11.1 Å². The molecule has 1 aliphatic rings. The van der Waals surface area contributed by atoms with E-state index >= 15 is 0 Å². The Kier molecular flexibility index (Phi) is 5.61. The minimum Gasteiger partial charge on any atom is -0.508 e. The molecule has 0 saturated heterocycles. The molecule has 7 heteroatoms. The van der Waals surface area contributed by atoms with E-state index in [1.165, 1.54) is 53.4 Å². The monoisotopic (exact) mass is 425 g/mol. The van der Waals surface area contributed by atoms with Crippen molar-refractivity contribution >= 4 is 17.5 Å². The predicted octanol–water partition coefficient (Wildman–Crippen LogP) is 4.87. The van der Waals surface area contributed by atoms with Gasteiger partial charge in [-0.15, -0.1) is 0 Å². The summed E-state index contributed by atoms with van der Waals surface area (Å²) in [6.45, 7) is -0.264. The zero-order valence-electron chi connectivity index (χ0n) is 16.6. The number of halogens is 2. The average Bonchev–Trinajstić information content (AvgIpc) is 2.75. The number of amides is 1. The number of benzene rings is 3. The number of fused-ring (bicyclic) bond motifs is 1. The predicted molar refractivity (Wildman–Crippen MR) is 111 cm³/mol. The van der Waals surface area contributed by atoms with Crippen LogP contribution in [0.25, 0.3) is 0 Å². The summed E-state index contributed by atoms with van der Waals surface area (Å²) in [7, 11) is 0. The zero-order valence-corrected chi connectivity index (χ0v) is 16.6. The van der Waals surface area contributed by atoms with E-state index in [0.29, 0.717) is 24.2 Å². The first-order valence-electron chi connectivity index (χ1n) is 9.85. The number of carbonyl (C=O) groups excluding carboxylic acids is 1. The zero-order chi connectivity index (χ0) is 22.0. The quantitative estimate of drug-likeness (QED) is 0.626. The van der Waals surface area contributed by atoms with Crippen LogP contribution in [0.15, 0.2) is 66.7 Å². The molecular formula is C24H21F2NO4. The van der Waals surface area contributed by atoms with Crippen LogP contribution < -0.4 is 4.90 Å². The summed E-state index contributed by atoms with van der Waals surface area (Å²) in [6.07, 6.45) is 0.221. The van der Waals surface area contributed by atoms with Crippen LogP contribution in [0.1, 0.15) is 17.5 Å². The van der Waals surface area contributed by atoms with Crippen LogP contribution in [0.2, 0.25) is 0 Å². The van der Waals surface area contributed by atoms with Crippen LogP contribution in [0.3, 0.4) is 0 Å². The van der Waals surface area contributed by atoms with Gasteiger partial charge in [0, 0.05) is 6.42 Å². The van der Waals surface area contributed by atoms with Crippen LogP contribution in [-0.4, -0.2) is 28.5 Å². The maximum absolute atomic E-state index is 13.4. The van der Waals surface area contributed by atoms with Gasteiger partial charge < -0.3 is 14.9 Å². The Hall–Kier alpha value is -3.45. The highest BCUT2D eigenvalue weighted by molar-refractivity contribution is 5.95. The molecule has 4 rings (SSSR count). The molecule has 0 fully saturated rings. The Morgan fingerprint density at radius 1 is 0.968 bits per heavy atom. The van der Waals surface area contributed by atoms with Crippen molar-refractivity contribution in [3.05, 3.63) is 89.5 Å². The van der Waals surface area contributed by atoms with Gasteiger partial charge >= 0.3 is 6.09 Å². The van der Waals surface area contributed by atoms with Crippen molar-refractivity contribution in [2.75, 3.05) is 11.5 Å². The molecule has 1 atom stereocenters. The van der Waals surface area contributed by atoms with Crippen LogP contribution in [0.4, 0.5) is 25.0 Å². The minimum atomic E-state index is -1.28. The topological polar surface area (TPSA) is 70.0 Å². The number of aromatic hydroxyl groups is 1. The summed E-state index contributed by atoms with van der Waals surface area (Å²) in [5, 5.41) is 21.0. The lowest BCUT2D eigenvalue weighted by atomic mass is 9.80. The summed E-state index contributed by atoms with van der Waals surface area (Å²) in [5.41, 5.74) is 0.984. The summed E-state index contributed by atoms with van der Waals surface area (Å²) in [4.78, 5) is 14.1. The van der Waals surface area contributed by atoms with Crippen LogP contribution in [0, 0.1) is 11.6 Å². The van der Waals surface area contributed by atoms with E-state index < -0.39 is 23.3 Å². The third-order valence-corrected chi connectivity index (χ3v) is 5.42. The van der Waals surface area contributed by atoms with Gasteiger partial charge in [0.25, 0.3) is 0 Å². The Morgan fingerprint density at radius 3 is 2.13 bits per heavy atom. The first kappa shape index (κ1) is 20.8. The van der Waals surface area contributed by atoms with Crippen molar-refractivity contribution < 1.29 is 28.5 Å². The standard InChI is InChI=1S/C24H21F2NO4/c25-17-4-8-19(9-5-17)27(20-10-6-18(26)7-11-20)23(29)31-15-24(30)13-12-21-16(14-24)2-1-3-22(21)28/h1-11,28,30H,12-15H2/t24-/m1/s1. The Labute approximate surface area is 178 Å². The molecule has 2 N–H and O–H groups in total. The molecule has 160 valence electrons. The number of phenols is 1. The van der Waals surface area contributed by atoms with Gasteiger partial charge in [-0.3, -0.25) is 0 Å². The Bertz CT molecular complexity index is 1040. The fourth-order valence-corrected chi connectivity index (χ4v) is 3.80. The summed E-state index contributed by atoms with van der Waals surface area (Å²) in [5.74, 6) is -0.737. The highest BCUT2D eigenvalue weighted by atomic mass is 19.1. The highest BCUT2D eigenvalue weighted by Crippen LogP contribution is 2.34. The number of anilines is 2. The maximum atomic E-state index is 13.4. The molecule has 0 radical (unpaired) electrons. The molecule has 3 aromatic carbocycles. The maximum Gasteiger partial charge on any atom is 0.419 e. The molecule has 0 bridgehead atoms. The molecule has 1 aliphatic carbocycles. The third-order valence-electron chi connectivity index (χ3n) is 5.42. The summed E-state index contributed by atoms with van der Waals surface area (Å²) < 4.78 is 32.2. The fraction of sp³-hybridized carbons (Fsp3) is 0.208. The fourth-order valence-electron chi connectivity index (χ4n) is 3.80. The first-order valence-corrected chi connectivity index (χ1v) is 9.85. The van der Waals surface area contributed by atoms with Gasteiger partial charge in [0.05, 0.1) is 11.4 Å². The van der Waals surface area contributed by atoms with Crippen molar-refractivity contribution in [2.24, 2.45) is 0 Å². The molecule has 0 aromatic heterocycles. The largest absolute Gasteiger partial charge is 0.508 e. The number of hydrogen-bond acceptors (Lipinski definition) is 4. The van der Waals surface area contributed by atoms with Crippen molar-refractivity contribution in [2.45, 2.75) is 24.9 Å². The van der Waals surface area contributed by atoms with Crippen molar-refractivity contribution in [3.8, 4) is 5.75 Å². The SMILES string of the molecule is O=C(OC[C@@]1(O)CCc2c(O)cccc2C1)N(c1ccc(F)cc1)c1ccc(F)cc1. The smallest absolute Gasteiger partial charge is 0.419 e. The van der Waals surface area contributed by atoms with Crippen LogP contribution in [0.5, 0.6) is 5.75 Å². The van der Waals surface area contributed by atoms with Crippen molar-refractivity contribution in [3.63, 3.8) is 0 Å². The average molecular weight is 425 g/mol. The van der Waals surface area contributed by atoms with Crippen molar-refractivity contribution in [1.29, 1.82) is 0 Å². The molecule has 1 amide bonds. The van der Waals surface area contributed by atoms with Gasteiger partial charge in [-0.2, -0.15) is 0 Å². The van der Waals surface area contributed by atoms with E-state index in [2.05, 4.69) is 0 Å². The Balaban J connectivity index is 1.54. The third kappa shape index (κ3) is 4.51. The number of nitrogens with zero attached hydrogens (tertiary/aromatic N) is 1. The molecule has 3 aromatic rings. The van der Waals surface area contributed by atoms with Gasteiger partial charge in [0.1, 0.15) is 29.6 Å². The molecule has 0 spiro atoms. The summed E-state index contributed by atoms with van der Waals surface area (Å²) >= 11 is 0. The van der Waals surface area contributed by atoms with E-state index in [1.807, 2.05) is 6.07 Å². The minimum absolute atomic E-state index is 0.190. The second-order valence-electron chi connectivity index (χ2n) is 7.66. The second kappa shape index (κ2) is 8.35. The molecule has 31 heavy (non-hydrogen) atoms. The molecule has 0 aliphatic heterocycles. The number of hydrogen-bond donors (Lipinski definition) is 2. The normalized spacial score (nSPS) is 17.6. The molecular weight excluding hydrogens is 404 g/mol. The van der Waals surface area contributed by atoms with E-state index in [1.54, 1.807) is 12.1 Å². The van der Waals surface area contributed by atoms with E-state index in [9.17, 15) is 23.8 Å². The van der Waals surface area contributed by atoms with Gasteiger partial charge in [-0.05, 0) is 78.6 Å². The number of ether oxygens (including phenoxy) is 1. The molecule has 0 saturated carbocycles. The molecule has 0 heterocycles. The van der Waals surface area contributed by atoms with Gasteiger partial charge in [0.2, 0.25) is 0 Å². The highest BCUT2D eigenvalue weighted by Gasteiger charge is 2.35. The molecule has 5 nitrogen and oxygen atoms in total. The first-order chi connectivity index (χ1) is 14.8. The lowest BCUT2D eigenvalue weighted by Gasteiger charge is -2.34. The summed E-state index contributed by atoms with van der Waals surface area (Å²) in [6, 6.07) is 15.6.